The highest BCUT2D eigenvalue weighted by molar-refractivity contribution is 6.88. The number of imidazole rings is 1. The summed E-state index contributed by atoms with van der Waals surface area (Å²) < 4.78 is 6.63. The van der Waals surface area contributed by atoms with E-state index in [4.69, 9.17) is 4.74 Å². The predicted molar refractivity (Wildman–Crippen MR) is 86.8 cm³/mol. The third-order valence-electron chi connectivity index (χ3n) is 3.74. The van der Waals surface area contributed by atoms with Gasteiger partial charge in [-0.1, -0.05) is 49.1 Å². The summed E-state index contributed by atoms with van der Waals surface area (Å²) in [7, 11) is 0.0969. The molecule has 0 N–H and O–H groups in total. The normalized spacial score (nSPS) is 13.0. The van der Waals surface area contributed by atoms with Crippen molar-refractivity contribution >= 4 is 19.2 Å². The van der Waals surface area contributed by atoms with Crippen LogP contribution in [0.15, 0.2) is 36.8 Å². The lowest BCUT2D eigenvalue weighted by molar-refractivity contribution is 0.0587. The molecule has 0 aliphatic carbocycles. The summed E-state index contributed by atoms with van der Waals surface area (Å²) in [5, 5.41) is 1.43. The van der Waals surface area contributed by atoms with Gasteiger partial charge in [-0.15, -0.1) is 0 Å². The van der Waals surface area contributed by atoms with Gasteiger partial charge in [0.15, 0.2) is 0 Å². The topological polar surface area (TPSA) is 44.1 Å². The molecule has 2 rings (SSSR count). The second-order valence-corrected chi connectivity index (χ2v) is 11.3. The quantitative estimate of drug-likeness (QED) is 0.644. The summed E-state index contributed by atoms with van der Waals surface area (Å²) in [6, 6.07) is 8.72. The molecule has 0 aliphatic rings. The summed E-state index contributed by atoms with van der Waals surface area (Å²) in [4.78, 5) is 15.8. The van der Waals surface area contributed by atoms with Gasteiger partial charge in [0.05, 0.1) is 33.7 Å². The molecular weight excluding hydrogens is 280 g/mol. The second-order valence-electron chi connectivity index (χ2n) is 6.23. The van der Waals surface area contributed by atoms with Crippen LogP contribution in [0.2, 0.25) is 19.6 Å². The van der Waals surface area contributed by atoms with E-state index in [1.165, 1.54) is 12.3 Å². The van der Waals surface area contributed by atoms with Gasteiger partial charge in [0, 0.05) is 0 Å². The lowest BCUT2D eigenvalue weighted by atomic mass is 10.1. The molecule has 1 aromatic carbocycles. The first kappa shape index (κ1) is 15.5. The average Bonchev–Trinajstić information content (AvgIpc) is 2.94. The minimum absolute atomic E-state index is 0.0392. The van der Waals surface area contributed by atoms with Crippen LogP contribution in [0.3, 0.4) is 0 Å². The number of hydrogen-bond acceptors (Lipinski definition) is 3. The summed E-state index contributed by atoms with van der Waals surface area (Å²) in [6.45, 7) is 9.04. The highest BCUT2D eigenvalue weighted by Crippen LogP contribution is 2.20. The first-order chi connectivity index (χ1) is 9.84. The fourth-order valence-electron chi connectivity index (χ4n) is 2.30. The number of benzene rings is 1. The summed E-state index contributed by atoms with van der Waals surface area (Å²) >= 11 is 0. The zero-order valence-corrected chi connectivity index (χ0v) is 14.3. The Morgan fingerprint density at radius 1 is 1.24 bits per heavy atom. The fourth-order valence-corrected chi connectivity index (χ4v) is 3.46. The van der Waals surface area contributed by atoms with E-state index < -0.39 is 8.07 Å². The number of esters is 1. The predicted octanol–water partition coefficient (Wildman–Crippen LogP) is 2.82. The third kappa shape index (κ3) is 3.24. The Morgan fingerprint density at radius 3 is 2.38 bits per heavy atom. The Labute approximate surface area is 126 Å². The number of nitrogens with zero attached hydrogens (tertiary/aromatic N) is 2. The summed E-state index contributed by atoms with van der Waals surface area (Å²) in [5.41, 5.74) is 1.62. The molecule has 1 aromatic heterocycles. The van der Waals surface area contributed by atoms with Gasteiger partial charge in [-0.3, -0.25) is 0 Å². The summed E-state index contributed by atoms with van der Waals surface area (Å²) in [5.74, 6) is -0.363. The van der Waals surface area contributed by atoms with Gasteiger partial charge in [0.2, 0.25) is 0 Å². The largest absolute Gasteiger partial charge is 0.464 e. The maximum atomic E-state index is 11.7. The SMILES string of the molecule is COC(=O)c1cncn1C(C)c1ccc([Si](C)(C)C)cc1. The molecule has 0 radical (unpaired) electrons. The van der Waals surface area contributed by atoms with Crippen molar-refractivity contribution in [3.8, 4) is 0 Å². The Hall–Kier alpha value is -1.88. The van der Waals surface area contributed by atoms with E-state index in [1.54, 1.807) is 12.5 Å². The molecule has 0 bridgehead atoms. The molecule has 0 fully saturated rings. The van der Waals surface area contributed by atoms with E-state index in [9.17, 15) is 4.79 Å². The number of hydrogen-bond donors (Lipinski definition) is 0. The Balaban J connectivity index is 2.31. The summed E-state index contributed by atoms with van der Waals surface area (Å²) in [6.07, 6.45) is 3.21. The van der Waals surface area contributed by atoms with Gasteiger partial charge in [-0.25, -0.2) is 9.78 Å². The molecule has 0 spiro atoms. The van der Waals surface area contributed by atoms with Crippen molar-refractivity contribution < 1.29 is 9.53 Å². The number of rotatable bonds is 4. The van der Waals surface area contributed by atoms with Crippen LogP contribution in [0, 0.1) is 0 Å². The van der Waals surface area contributed by atoms with Crippen LogP contribution >= 0.6 is 0 Å². The van der Waals surface area contributed by atoms with Gasteiger partial charge in [-0.2, -0.15) is 0 Å². The van der Waals surface area contributed by atoms with Gasteiger partial charge < -0.3 is 9.30 Å². The highest BCUT2D eigenvalue weighted by Gasteiger charge is 2.19. The second kappa shape index (κ2) is 5.85. The molecule has 1 unspecified atom stereocenters. The number of ether oxygens (including phenoxy) is 1. The van der Waals surface area contributed by atoms with Crippen LogP contribution < -0.4 is 5.19 Å². The van der Waals surface area contributed by atoms with Crippen LogP contribution in [0.25, 0.3) is 0 Å². The minimum atomic E-state index is -1.29. The van der Waals surface area contributed by atoms with Crippen LogP contribution in [0.5, 0.6) is 0 Å². The van der Waals surface area contributed by atoms with Crippen LogP contribution in [0.1, 0.15) is 29.0 Å². The van der Waals surface area contributed by atoms with Gasteiger partial charge in [0.1, 0.15) is 5.69 Å². The van der Waals surface area contributed by atoms with E-state index in [-0.39, 0.29) is 12.0 Å². The van der Waals surface area contributed by atoms with Gasteiger partial charge >= 0.3 is 5.97 Å². The van der Waals surface area contributed by atoms with Gasteiger partial charge in [0.25, 0.3) is 0 Å². The van der Waals surface area contributed by atoms with E-state index >= 15 is 0 Å². The molecule has 21 heavy (non-hydrogen) atoms. The van der Waals surface area contributed by atoms with E-state index in [0.717, 1.165) is 5.56 Å². The van der Waals surface area contributed by atoms with Crippen molar-refractivity contribution in [1.29, 1.82) is 0 Å². The van der Waals surface area contributed by atoms with Crippen molar-refractivity contribution in [2.75, 3.05) is 7.11 Å². The molecule has 112 valence electrons. The molecular formula is C16H22N2O2Si. The number of aromatic nitrogens is 2. The molecule has 2 aromatic rings. The third-order valence-corrected chi connectivity index (χ3v) is 5.80. The van der Waals surface area contributed by atoms with E-state index in [1.807, 2.05) is 4.57 Å². The number of carbonyl (C=O) groups excluding carboxylic acids is 1. The Morgan fingerprint density at radius 2 is 1.86 bits per heavy atom. The van der Waals surface area contributed by atoms with Crippen molar-refractivity contribution in [2.45, 2.75) is 32.6 Å². The molecule has 0 amide bonds. The molecule has 4 nitrogen and oxygen atoms in total. The van der Waals surface area contributed by atoms with Crippen LogP contribution in [-0.4, -0.2) is 30.7 Å². The molecule has 0 aliphatic heterocycles. The van der Waals surface area contributed by atoms with Crippen molar-refractivity contribution in [3.63, 3.8) is 0 Å². The zero-order valence-electron chi connectivity index (χ0n) is 13.3. The van der Waals surface area contributed by atoms with E-state index in [2.05, 4.69) is 55.8 Å². The molecule has 1 atom stereocenters. The van der Waals surface area contributed by atoms with Gasteiger partial charge in [-0.05, 0) is 12.5 Å². The van der Waals surface area contributed by atoms with Crippen LogP contribution in [-0.2, 0) is 4.74 Å². The number of methoxy groups -OCH3 is 1. The first-order valence-corrected chi connectivity index (χ1v) is 10.5. The molecule has 0 saturated carbocycles. The first-order valence-electron chi connectivity index (χ1n) is 7.05. The monoisotopic (exact) mass is 302 g/mol. The van der Waals surface area contributed by atoms with Crippen molar-refractivity contribution in [3.05, 3.63) is 48.0 Å². The highest BCUT2D eigenvalue weighted by atomic mass is 28.3. The van der Waals surface area contributed by atoms with Crippen LogP contribution in [0.4, 0.5) is 0 Å². The average molecular weight is 302 g/mol. The van der Waals surface area contributed by atoms with Crippen molar-refractivity contribution in [1.82, 2.24) is 9.55 Å². The minimum Gasteiger partial charge on any atom is -0.464 e. The standard InChI is InChI=1S/C16H22N2O2Si/c1-12(18-11-17-10-15(18)16(19)20-2)13-6-8-14(9-7-13)21(3,4)5/h6-12H,1-5H3. The lowest BCUT2D eigenvalue weighted by Crippen LogP contribution is -2.37. The Bertz CT molecular complexity index is 626. The van der Waals surface area contributed by atoms with Crippen molar-refractivity contribution in [2.24, 2.45) is 0 Å². The molecule has 1 heterocycles. The molecule has 0 saturated heterocycles. The molecule has 5 heteroatoms. The number of carbonyl (C=O) groups is 1. The maximum Gasteiger partial charge on any atom is 0.356 e. The van der Waals surface area contributed by atoms with E-state index in [0.29, 0.717) is 5.69 Å². The lowest BCUT2D eigenvalue weighted by Gasteiger charge is -2.20. The smallest absolute Gasteiger partial charge is 0.356 e. The Kier molecular flexibility index (Phi) is 4.32. The maximum absolute atomic E-state index is 11.7. The zero-order chi connectivity index (χ0) is 15.6. The fraction of sp³-hybridized carbons (Fsp3) is 0.375.